The molecule has 5 saturated heterocycles. The molecule has 234 valence electrons. The zero-order chi connectivity index (χ0) is 28.2. The van der Waals surface area contributed by atoms with E-state index in [2.05, 4.69) is 42.5 Å². The third kappa shape index (κ3) is 5.30. The predicted molar refractivity (Wildman–Crippen MR) is 164 cm³/mol. The standard InChI is InChI=1S/C32H56N8.O.Sn/c1-2-10-18-17(9-1)25-33-26(18)38-28-21-13-5-6-14-22(21)30(35-28)40-32-24-16-8-7-15-23(24)31(36-32)39-29-20-12-4-3-11-19(20)27(34-29)37-25;;/h17-40H,1-16H2;;. The van der Waals surface area contributed by atoms with Gasteiger partial charge in [0.2, 0.25) is 0 Å². The molecule has 4 aliphatic carbocycles. The molecule has 9 nitrogen and oxygen atoms in total. The molecule has 0 aromatic carbocycles. The van der Waals surface area contributed by atoms with E-state index in [0.717, 1.165) is 47.3 Å². The molecule has 0 aromatic rings. The Labute approximate surface area is 266 Å². The van der Waals surface area contributed by atoms with E-state index in [0.29, 0.717) is 71.8 Å². The molecule has 10 heteroatoms. The van der Waals surface area contributed by atoms with Crippen LogP contribution < -0.4 is 42.5 Å². The van der Waals surface area contributed by atoms with Gasteiger partial charge in [-0.25, -0.2) is 0 Å². The van der Waals surface area contributed by atoms with E-state index in [4.69, 9.17) is 3.08 Å². The van der Waals surface area contributed by atoms with Crippen molar-refractivity contribution < 1.29 is 3.08 Å². The first kappa shape index (κ1) is 29.7. The van der Waals surface area contributed by atoms with Crippen molar-refractivity contribution in [3.8, 4) is 0 Å². The van der Waals surface area contributed by atoms with Crippen LogP contribution in [0.15, 0.2) is 0 Å². The summed E-state index contributed by atoms with van der Waals surface area (Å²) in [4.78, 5) is 0. The molecule has 42 heavy (non-hydrogen) atoms. The summed E-state index contributed by atoms with van der Waals surface area (Å²) in [5.74, 6) is 5.97. The quantitative estimate of drug-likeness (QED) is 0.182. The van der Waals surface area contributed by atoms with Gasteiger partial charge in [-0.1, -0.05) is 51.4 Å². The summed E-state index contributed by atoms with van der Waals surface area (Å²) in [6.45, 7) is 0. The average Bonchev–Trinajstić information content (AvgIpc) is 3.78. The van der Waals surface area contributed by atoms with E-state index in [1.807, 2.05) is 0 Å². The third-order valence-electron chi connectivity index (χ3n) is 13.8. The molecule has 9 aliphatic rings. The number of hydrogen-bond acceptors (Lipinski definition) is 9. The first-order valence-corrected chi connectivity index (χ1v) is 19.3. The van der Waals surface area contributed by atoms with Gasteiger partial charge in [-0.2, -0.15) is 0 Å². The van der Waals surface area contributed by atoms with Gasteiger partial charge in [0.05, 0.1) is 49.3 Å². The van der Waals surface area contributed by atoms with E-state index < -0.39 is 0 Å². The minimum absolute atomic E-state index is 0.300. The molecule has 8 unspecified atom stereocenters. The number of rotatable bonds is 0. The molecule has 0 aromatic heterocycles. The molecule has 8 bridgehead atoms. The second kappa shape index (κ2) is 12.8. The SMILES string of the molecule is C1CCC2C3NC(NC4NC(NC5NC(NC6NC(N3)C3CCCCC63)C3CCCCC53)C3CCCCC43)C2C1.[O]=[Sn]. The molecular formula is C32H56N8OSn. The van der Waals surface area contributed by atoms with E-state index in [1.165, 1.54) is 103 Å². The van der Waals surface area contributed by atoms with E-state index in [-0.39, 0.29) is 0 Å². The van der Waals surface area contributed by atoms with Crippen LogP contribution in [-0.4, -0.2) is 71.8 Å². The number of hydrogen-bond donors (Lipinski definition) is 8. The molecule has 4 saturated carbocycles. The van der Waals surface area contributed by atoms with Crippen LogP contribution in [0.25, 0.3) is 0 Å². The van der Waals surface area contributed by atoms with Crippen molar-refractivity contribution in [1.82, 2.24) is 42.5 Å². The second-order valence-corrected chi connectivity index (χ2v) is 15.6. The van der Waals surface area contributed by atoms with Crippen LogP contribution in [-0.2, 0) is 3.08 Å². The topological polar surface area (TPSA) is 113 Å². The number of nitrogens with one attached hydrogen (secondary N) is 8. The summed E-state index contributed by atoms with van der Waals surface area (Å²) in [6, 6.07) is 0. The van der Waals surface area contributed by atoms with Crippen LogP contribution in [0.5, 0.6) is 0 Å². The summed E-state index contributed by atoms with van der Waals surface area (Å²) < 4.78 is 8.34. The normalized spacial score (nSPS) is 55.0. The molecule has 5 heterocycles. The van der Waals surface area contributed by atoms with Crippen molar-refractivity contribution in [2.24, 2.45) is 47.3 Å². The van der Waals surface area contributed by atoms with Gasteiger partial charge in [-0.3, -0.25) is 42.5 Å². The summed E-state index contributed by atoms with van der Waals surface area (Å²) in [5.41, 5.74) is 0. The molecule has 2 radical (unpaired) electrons. The van der Waals surface area contributed by atoms with Crippen molar-refractivity contribution in [1.29, 1.82) is 0 Å². The minimum atomic E-state index is 0.300. The van der Waals surface area contributed by atoms with Crippen molar-refractivity contribution in [2.45, 2.75) is 152 Å². The Bertz CT molecular complexity index is 738. The maximum absolute atomic E-state index is 8.34. The monoisotopic (exact) mass is 688 g/mol. The van der Waals surface area contributed by atoms with Gasteiger partial charge >= 0.3 is 25.6 Å². The Morgan fingerprint density at radius 1 is 0.262 bits per heavy atom. The van der Waals surface area contributed by atoms with Gasteiger partial charge in [0, 0.05) is 0 Å². The maximum atomic E-state index is 8.34. The van der Waals surface area contributed by atoms with Gasteiger partial charge in [0.15, 0.2) is 0 Å². The van der Waals surface area contributed by atoms with Crippen LogP contribution in [0.4, 0.5) is 0 Å². The van der Waals surface area contributed by atoms with Crippen molar-refractivity contribution >= 4 is 22.5 Å². The van der Waals surface area contributed by atoms with Crippen LogP contribution in [0.1, 0.15) is 103 Å². The fraction of sp³-hybridized carbons (Fsp3) is 1.00. The zero-order valence-electron chi connectivity index (χ0n) is 25.5. The molecule has 9 fully saturated rings. The zero-order valence-corrected chi connectivity index (χ0v) is 28.3. The van der Waals surface area contributed by atoms with Crippen molar-refractivity contribution in [2.75, 3.05) is 0 Å². The summed E-state index contributed by atoms with van der Waals surface area (Å²) in [6.07, 6.45) is 25.6. The van der Waals surface area contributed by atoms with Crippen molar-refractivity contribution in [3.05, 3.63) is 0 Å². The Kier molecular flexibility index (Phi) is 9.05. The summed E-state index contributed by atoms with van der Waals surface area (Å²) in [7, 11) is 0. The van der Waals surface area contributed by atoms with E-state index in [9.17, 15) is 0 Å². The summed E-state index contributed by atoms with van der Waals surface area (Å²) >= 11 is 0.300. The van der Waals surface area contributed by atoms with Gasteiger partial charge < -0.3 is 0 Å². The Morgan fingerprint density at radius 2 is 0.381 bits per heavy atom. The molecule has 8 atom stereocenters. The van der Waals surface area contributed by atoms with E-state index in [1.54, 1.807) is 0 Å². The third-order valence-corrected chi connectivity index (χ3v) is 13.8. The van der Waals surface area contributed by atoms with Crippen LogP contribution in [0, 0.1) is 47.3 Å². The van der Waals surface area contributed by atoms with Gasteiger partial charge in [-0.05, 0) is 98.7 Å². The predicted octanol–water partition coefficient (Wildman–Crippen LogP) is 2.11. The Morgan fingerprint density at radius 3 is 0.500 bits per heavy atom. The molecule has 0 amide bonds. The Hall–Kier alpha value is 0.279. The van der Waals surface area contributed by atoms with Crippen LogP contribution in [0.2, 0.25) is 0 Å². The van der Waals surface area contributed by atoms with Crippen LogP contribution in [0.3, 0.4) is 0 Å². The van der Waals surface area contributed by atoms with Crippen molar-refractivity contribution in [3.63, 3.8) is 0 Å². The first-order chi connectivity index (χ1) is 20.8. The van der Waals surface area contributed by atoms with Gasteiger partial charge in [0.25, 0.3) is 0 Å². The first-order valence-electron chi connectivity index (χ1n) is 18.1. The molecular weight excluding hydrogens is 631 g/mol. The molecule has 9 rings (SSSR count). The second-order valence-electron chi connectivity index (χ2n) is 15.6. The van der Waals surface area contributed by atoms with Crippen LogP contribution >= 0.6 is 0 Å². The molecule has 8 N–H and O–H groups in total. The van der Waals surface area contributed by atoms with Gasteiger partial charge in [0.1, 0.15) is 0 Å². The molecule has 5 aliphatic heterocycles. The molecule has 0 spiro atoms. The summed E-state index contributed by atoms with van der Waals surface area (Å²) in [5, 5.41) is 33.8. The number of fused-ring (bicyclic) bond motifs is 20. The Balaban J connectivity index is 0.00000131. The van der Waals surface area contributed by atoms with E-state index >= 15 is 0 Å². The van der Waals surface area contributed by atoms with Gasteiger partial charge in [-0.15, -0.1) is 0 Å². The fourth-order valence-electron chi connectivity index (χ4n) is 12.0. The average molecular weight is 688 g/mol. The fourth-order valence-corrected chi connectivity index (χ4v) is 12.0.